The zero-order valence-electron chi connectivity index (χ0n) is 43.0. The number of rotatable bonds is 19. The first-order chi connectivity index (χ1) is 39.0. The third kappa shape index (κ3) is 13.6. The molecule has 20 N–H and O–H groups in total. The zero-order valence-corrected chi connectivity index (χ0v) is 43.0. The first kappa shape index (κ1) is 65.0. The van der Waals surface area contributed by atoms with Crippen LogP contribution in [0.5, 0.6) is 0 Å². The molecule has 0 saturated carbocycles. The minimum atomic E-state index is -2.14. The van der Waals surface area contributed by atoms with Crippen LogP contribution >= 0.6 is 0 Å². The van der Waals surface area contributed by atoms with Crippen LogP contribution in [0.3, 0.4) is 0 Å². The summed E-state index contributed by atoms with van der Waals surface area (Å²) in [6, 6.07) is 0. The minimum absolute atomic E-state index is 0.459. The summed E-state index contributed by atoms with van der Waals surface area (Å²) in [7, 11) is 0. The Hall–Kier alpha value is -1.48. The quantitative estimate of drug-likeness (QED) is 0.0571. The number of hydrogen-bond acceptors (Lipinski definition) is 37. The molecule has 0 aromatic carbocycles. The van der Waals surface area contributed by atoms with Gasteiger partial charge in [-0.15, -0.1) is 0 Å². The Labute approximate surface area is 463 Å². The van der Waals surface area contributed by atoms with Gasteiger partial charge in [0.05, 0.1) is 59.5 Å². The van der Waals surface area contributed by atoms with Crippen molar-refractivity contribution in [1.82, 2.24) is 0 Å². The van der Waals surface area contributed by atoms with E-state index in [0.29, 0.717) is 0 Å². The summed E-state index contributed by atoms with van der Waals surface area (Å²) >= 11 is 0. The van der Waals surface area contributed by atoms with E-state index in [1.165, 1.54) is 0 Å². The van der Waals surface area contributed by atoms with Crippen LogP contribution in [0.25, 0.3) is 0 Å². The maximum Gasteiger partial charge on any atom is 0.187 e. The van der Waals surface area contributed by atoms with Gasteiger partial charge in [0.25, 0.3) is 0 Å². The van der Waals surface area contributed by atoms with E-state index < -0.39 is 281 Å². The van der Waals surface area contributed by atoms with Crippen LogP contribution in [-0.4, -0.2) is 383 Å². The Bertz CT molecular complexity index is 1980. The summed E-state index contributed by atoms with van der Waals surface area (Å²) in [6.45, 7) is -6.14. The molecule has 9 saturated heterocycles. The Kier molecular flexibility index (Phi) is 22.1. The van der Waals surface area contributed by atoms with Gasteiger partial charge in [-0.2, -0.15) is 0 Å². The fourth-order valence-electron chi connectivity index (χ4n) is 10.5. The van der Waals surface area contributed by atoms with Crippen molar-refractivity contribution in [3.63, 3.8) is 0 Å². The summed E-state index contributed by atoms with van der Waals surface area (Å²) < 4.78 is 98.2. The van der Waals surface area contributed by atoms with E-state index in [1.807, 2.05) is 0 Å². The van der Waals surface area contributed by atoms with E-state index in [-0.39, 0.29) is 0 Å². The van der Waals surface area contributed by atoms with Gasteiger partial charge in [-0.25, -0.2) is 0 Å². The number of ether oxygens (including phenoxy) is 17. The number of hydrogen-bond donors (Lipinski definition) is 20. The molecule has 0 radical (unpaired) electrons. The smallest absolute Gasteiger partial charge is 0.187 e. The van der Waals surface area contributed by atoms with Crippen molar-refractivity contribution in [3.05, 3.63) is 0 Å². The molecule has 9 aliphatic rings. The fourth-order valence-corrected chi connectivity index (χ4v) is 10.5. The van der Waals surface area contributed by atoms with Gasteiger partial charge in [0, 0.05) is 0 Å². The molecule has 0 bridgehead atoms. The number of aliphatic hydroxyl groups excluding tert-OH is 20. The third-order valence-corrected chi connectivity index (χ3v) is 15.5. The van der Waals surface area contributed by atoms with Gasteiger partial charge in [0.15, 0.2) is 56.6 Å². The van der Waals surface area contributed by atoms with Crippen molar-refractivity contribution in [3.8, 4) is 0 Å². The molecule has 1 unspecified atom stereocenters. The molecule has 0 amide bonds. The molecule has 0 aromatic rings. The van der Waals surface area contributed by atoms with E-state index in [2.05, 4.69) is 0 Å². The zero-order chi connectivity index (χ0) is 59.2. The monoisotopic (exact) mass is 1210 g/mol. The van der Waals surface area contributed by atoms with E-state index in [1.54, 1.807) is 0 Å². The lowest BCUT2D eigenvalue weighted by atomic mass is 10.0. The molecule has 476 valence electrons. The second-order valence-corrected chi connectivity index (χ2v) is 21.0. The maximum absolute atomic E-state index is 12.2. The maximum atomic E-state index is 12.2. The largest absolute Gasteiger partial charge is 0.394 e. The molecular formula is C45H74O37. The van der Waals surface area contributed by atoms with Crippen LogP contribution in [0.1, 0.15) is 0 Å². The van der Waals surface area contributed by atoms with E-state index in [0.717, 1.165) is 0 Å². The van der Waals surface area contributed by atoms with E-state index >= 15 is 0 Å². The highest BCUT2D eigenvalue weighted by Gasteiger charge is 2.58. The van der Waals surface area contributed by atoms with Crippen molar-refractivity contribution in [2.24, 2.45) is 0 Å². The molecule has 9 rings (SSSR count). The van der Waals surface area contributed by atoms with Gasteiger partial charge in [0.2, 0.25) is 0 Å². The molecule has 36 atom stereocenters. The summed E-state index contributed by atoms with van der Waals surface area (Å²) in [5.41, 5.74) is 0. The van der Waals surface area contributed by atoms with Crippen molar-refractivity contribution in [1.29, 1.82) is 0 Å². The molecule has 37 nitrogen and oxygen atoms in total. The predicted molar refractivity (Wildman–Crippen MR) is 243 cm³/mol. The summed E-state index contributed by atoms with van der Waals surface area (Å²) in [4.78, 5) is 0. The lowest BCUT2D eigenvalue weighted by Gasteiger charge is -2.48. The molecule has 0 aromatic heterocycles. The van der Waals surface area contributed by atoms with Gasteiger partial charge < -0.3 is 183 Å². The average molecular weight is 1210 g/mol. The lowest BCUT2D eigenvalue weighted by molar-refractivity contribution is -0.390. The topological polar surface area (TPSA) is 562 Å². The van der Waals surface area contributed by atoms with Gasteiger partial charge in [-0.3, -0.25) is 0 Å². The first-order valence-electron chi connectivity index (χ1n) is 26.3. The summed E-state index contributed by atoms with van der Waals surface area (Å²) in [5, 5.41) is 213. The Morgan fingerprint density at radius 3 is 0.988 bits per heavy atom. The van der Waals surface area contributed by atoms with Crippen molar-refractivity contribution in [2.75, 3.05) is 59.5 Å². The van der Waals surface area contributed by atoms with Crippen molar-refractivity contribution in [2.45, 2.75) is 221 Å². The molecule has 0 spiro atoms. The van der Waals surface area contributed by atoms with Gasteiger partial charge >= 0.3 is 0 Å². The molecule has 37 heteroatoms. The van der Waals surface area contributed by atoms with Crippen LogP contribution < -0.4 is 0 Å². The van der Waals surface area contributed by atoms with Gasteiger partial charge in [-0.05, 0) is 0 Å². The molecule has 9 heterocycles. The fraction of sp³-hybridized carbons (Fsp3) is 1.00. The molecule has 82 heavy (non-hydrogen) atoms. The normalized spacial score (nSPS) is 54.1. The van der Waals surface area contributed by atoms with Crippen molar-refractivity contribution >= 4 is 0 Å². The van der Waals surface area contributed by atoms with Crippen LogP contribution in [0.2, 0.25) is 0 Å². The van der Waals surface area contributed by atoms with E-state index in [4.69, 9.17) is 80.5 Å². The summed E-state index contributed by atoms with van der Waals surface area (Å²) in [5.74, 6) is 0. The van der Waals surface area contributed by atoms with Crippen LogP contribution in [0, 0.1) is 0 Å². The number of aliphatic hydroxyl groups is 20. The molecule has 9 fully saturated rings. The first-order valence-corrected chi connectivity index (χ1v) is 26.3. The Morgan fingerprint density at radius 2 is 0.549 bits per heavy atom. The highest BCUT2D eigenvalue weighted by molar-refractivity contribution is 4.99. The standard InChI is InChI=1S/C45H74O37/c46-1-11-20(51)30(61)42(72-11)80-34-17(78-40-29(60)24(55)15(6-69-40)76-38-27(58)19(50)10(49)4-67-38)8-70-41(33(34)64)79-18-9-71-45(77-16-7-68-39(28(59)25(16)56)75-14-5-66-37(65)26(57)23(14)54)36(82-44-32(63)22(53)13(3-48)74-44)35(18)81-43-31(62)21(52)12(2-47)73-43/h10-65H,1-9H2/t10-,11+,12+,13+,14-,15-,16-,17-,18-,19+,20+,21+,22+,23+,24+,25+,26-,27-,28-,29-,30-,31-,32-,33-,34+,35+,36-,37?,38+,39+,40+,41+,42+,43+,44+,45+/m1/s1. The minimum Gasteiger partial charge on any atom is -0.394 e. The average Bonchev–Trinajstić information content (AvgIpc) is 4.18. The summed E-state index contributed by atoms with van der Waals surface area (Å²) in [6.07, 6.45) is -63.7. The Morgan fingerprint density at radius 1 is 0.244 bits per heavy atom. The molecule has 9 aliphatic heterocycles. The molecule has 0 aliphatic carbocycles. The van der Waals surface area contributed by atoms with Crippen molar-refractivity contribution < 1.29 is 183 Å². The second-order valence-electron chi connectivity index (χ2n) is 21.0. The van der Waals surface area contributed by atoms with Gasteiger partial charge in [0.1, 0.15) is 165 Å². The highest BCUT2D eigenvalue weighted by atomic mass is 16.8. The van der Waals surface area contributed by atoms with Crippen LogP contribution in [0.15, 0.2) is 0 Å². The third-order valence-electron chi connectivity index (χ3n) is 15.5. The highest BCUT2D eigenvalue weighted by Crippen LogP contribution is 2.38. The lowest BCUT2D eigenvalue weighted by Crippen LogP contribution is -2.65. The SMILES string of the molecule is OC[C@@H]1O[C@@H](O[C@@H]2[C@@H](O)[C@H](O[C@@H]3CO[C@@H](O[C@@H]4CO[C@@H](O[C@@H]5COC(O)[C@H](O)[C@H]5O)[C@H](O)[C@H]4O)[C@H](O[C@@H]4O[C@@H](CO)[C@H](O)[C@H]4O)[C@H]3O[C@@H]3O[C@@H](CO)[C@H](O)[C@H]3O)OC[C@H]2O[C@@H]2OC[C@@H](O[C@@H]3OC[C@@H](O)[C@H](O)[C@H]3O)[C@H](O)[C@H]2O)[C@H](O)[C@H]1O. The van der Waals surface area contributed by atoms with Crippen LogP contribution in [0.4, 0.5) is 0 Å². The van der Waals surface area contributed by atoms with Gasteiger partial charge in [-0.1, -0.05) is 0 Å². The van der Waals surface area contributed by atoms with E-state index in [9.17, 15) is 102 Å². The predicted octanol–water partition coefficient (Wildman–Crippen LogP) is -14.9. The van der Waals surface area contributed by atoms with Crippen LogP contribution in [-0.2, 0) is 80.5 Å². The Balaban J connectivity index is 0.959. The molecular weight excluding hydrogens is 1130 g/mol. The second kappa shape index (κ2) is 27.9.